The summed E-state index contributed by atoms with van der Waals surface area (Å²) in [5, 5.41) is 2.87. The molecule has 0 aliphatic rings. The quantitative estimate of drug-likeness (QED) is 0.508. The Kier molecular flexibility index (Phi) is 9.71. The van der Waals surface area contributed by atoms with E-state index in [0.29, 0.717) is 12.3 Å². The van der Waals surface area contributed by atoms with Crippen LogP contribution in [-0.2, 0) is 26.2 Å². The van der Waals surface area contributed by atoms with Crippen molar-refractivity contribution in [2.45, 2.75) is 47.2 Å². The van der Waals surface area contributed by atoms with Crippen LogP contribution >= 0.6 is 0 Å². The molecule has 0 heterocycles. The van der Waals surface area contributed by atoms with E-state index in [-0.39, 0.29) is 24.1 Å². The lowest BCUT2D eigenvalue weighted by molar-refractivity contribution is -0.139. The van der Waals surface area contributed by atoms with Gasteiger partial charge in [-0.15, -0.1) is 0 Å². The summed E-state index contributed by atoms with van der Waals surface area (Å²) in [6.45, 7) is 9.58. The topological polar surface area (TPSA) is 96.0 Å². The molecule has 0 radical (unpaired) electrons. The standard InChI is InChI=1S/C26H37N3O5S/c1-18(2)15-27-26(31)21(5)28(16-22-11-9-8-10-20(22)4)25(30)17-29(35(7,32)33)23-14-19(3)12-13-24(23)34-6/h8-14,18,21H,15-17H2,1-7H3,(H,27,31)/t21-/m1/s1. The number of anilines is 1. The van der Waals surface area contributed by atoms with Crippen LogP contribution in [0.15, 0.2) is 42.5 Å². The molecule has 0 saturated carbocycles. The summed E-state index contributed by atoms with van der Waals surface area (Å²) in [5.74, 6) is -0.197. The number of amides is 2. The van der Waals surface area contributed by atoms with Gasteiger partial charge in [-0.25, -0.2) is 8.42 Å². The number of ether oxygens (including phenoxy) is 1. The van der Waals surface area contributed by atoms with Crippen molar-refractivity contribution in [1.82, 2.24) is 10.2 Å². The smallest absolute Gasteiger partial charge is 0.244 e. The first-order valence-electron chi connectivity index (χ1n) is 11.6. The fourth-order valence-corrected chi connectivity index (χ4v) is 4.44. The molecule has 2 aromatic rings. The molecule has 0 unspecified atom stereocenters. The molecule has 0 saturated heterocycles. The Morgan fingerprint density at radius 2 is 1.71 bits per heavy atom. The van der Waals surface area contributed by atoms with Crippen LogP contribution in [0.1, 0.15) is 37.5 Å². The van der Waals surface area contributed by atoms with Crippen LogP contribution in [0.2, 0.25) is 0 Å². The number of nitrogens with zero attached hydrogens (tertiary/aromatic N) is 2. The van der Waals surface area contributed by atoms with Gasteiger partial charge >= 0.3 is 0 Å². The number of nitrogens with one attached hydrogen (secondary N) is 1. The number of hydrogen-bond donors (Lipinski definition) is 1. The first-order chi connectivity index (χ1) is 16.3. The molecule has 192 valence electrons. The van der Waals surface area contributed by atoms with Crippen molar-refractivity contribution in [1.29, 1.82) is 0 Å². The van der Waals surface area contributed by atoms with Gasteiger partial charge in [0, 0.05) is 13.1 Å². The van der Waals surface area contributed by atoms with Gasteiger partial charge in [-0.05, 0) is 55.5 Å². The van der Waals surface area contributed by atoms with Crippen LogP contribution in [0.5, 0.6) is 5.75 Å². The number of benzene rings is 2. The van der Waals surface area contributed by atoms with Gasteiger partial charge in [-0.2, -0.15) is 0 Å². The molecule has 2 amide bonds. The van der Waals surface area contributed by atoms with Crippen molar-refractivity contribution in [3.63, 3.8) is 0 Å². The van der Waals surface area contributed by atoms with Crippen molar-refractivity contribution in [2.75, 3.05) is 30.8 Å². The average Bonchev–Trinajstić information content (AvgIpc) is 2.79. The van der Waals surface area contributed by atoms with Crippen molar-refractivity contribution in [3.05, 3.63) is 59.2 Å². The maximum Gasteiger partial charge on any atom is 0.244 e. The van der Waals surface area contributed by atoms with Crippen molar-refractivity contribution in [2.24, 2.45) is 5.92 Å². The average molecular weight is 504 g/mol. The normalized spacial score (nSPS) is 12.2. The van der Waals surface area contributed by atoms with E-state index in [1.807, 2.05) is 52.0 Å². The van der Waals surface area contributed by atoms with E-state index < -0.39 is 28.5 Å². The molecule has 9 heteroatoms. The summed E-state index contributed by atoms with van der Waals surface area (Å²) in [7, 11) is -2.39. The van der Waals surface area contributed by atoms with Crippen LogP contribution < -0.4 is 14.4 Å². The zero-order valence-electron chi connectivity index (χ0n) is 21.7. The van der Waals surface area contributed by atoms with Crippen LogP contribution in [0, 0.1) is 19.8 Å². The van der Waals surface area contributed by atoms with Gasteiger partial charge < -0.3 is 15.0 Å². The summed E-state index contributed by atoms with van der Waals surface area (Å²) in [4.78, 5) is 28.0. The van der Waals surface area contributed by atoms with Crippen LogP contribution in [0.3, 0.4) is 0 Å². The van der Waals surface area contributed by atoms with E-state index in [9.17, 15) is 18.0 Å². The Balaban J connectivity index is 2.45. The zero-order valence-corrected chi connectivity index (χ0v) is 22.5. The number of hydrogen-bond acceptors (Lipinski definition) is 5. The molecular formula is C26H37N3O5S. The van der Waals surface area contributed by atoms with Crippen molar-refractivity contribution >= 4 is 27.5 Å². The second kappa shape index (κ2) is 12.1. The number of sulfonamides is 1. The van der Waals surface area contributed by atoms with Gasteiger partial charge in [0.2, 0.25) is 21.8 Å². The second-order valence-corrected chi connectivity index (χ2v) is 11.1. The van der Waals surface area contributed by atoms with Gasteiger partial charge in [0.25, 0.3) is 0 Å². The lowest BCUT2D eigenvalue weighted by Crippen LogP contribution is -2.51. The second-order valence-electron chi connectivity index (χ2n) is 9.21. The molecule has 0 fully saturated rings. The molecule has 2 aromatic carbocycles. The molecule has 2 rings (SSSR count). The first kappa shape index (κ1) is 28.2. The molecular weight excluding hydrogens is 466 g/mol. The highest BCUT2D eigenvalue weighted by atomic mass is 32.2. The summed E-state index contributed by atoms with van der Waals surface area (Å²) >= 11 is 0. The highest BCUT2D eigenvalue weighted by molar-refractivity contribution is 7.92. The fourth-order valence-electron chi connectivity index (χ4n) is 3.60. The van der Waals surface area contributed by atoms with E-state index >= 15 is 0 Å². The van der Waals surface area contributed by atoms with E-state index in [4.69, 9.17) is 4.74 Å². The number of carbonyl (C=O) groups is 2. The molecule has 0 bridgehead atoms. The summed E-state index contributed by atoms with van der Waals surface area (Å²) < 4.78 is 32.0. The van der Waals surface area contributed by atoms with E-state index in [0.717, 1.165) is 27.3 Å². The van der Waals surface area contributed by atoms with Gasteiger partial charge in [0.15, 0.2) is 0 Å². The lowest BCUT2D eigenvalue weighted by Gasteiger charge is -2.32. The Morgan fingerprint density at radius 3 is 2.29 bits per heavy atom. The zero-order chi connectivity index (χ0) is 26.3. The van der Waals surface area contributed by atoms with Gasteiger partial charge in [-0.1, -0.05) is 44.2 Å². The largest absolute Gasteiger partial charge is 0.495 e. The predicted octanol–water partition coefficient (Wildman–Crippen LogP) is 3.27. The molecule has 0 aliphatic carbocycles. The number of aryl methyl sites for hydroxylation is 2. The lowest BCUT2D eigenvalue weighted by atomic mass is 10.1. The third-order valence-electron chi connectivity index (χ3n) is 5.74. The third kappa shape index (κ3) is 7.71. The van der Waals surface area contributed by atoms with Gasteiger partial charge in [-0.3, -0.25) is 13.9 Å². The Labute approximate surface area is 209 Å². The SMILES string of the molecule is COc1ccc(C)cc1N(CC(=O)N(Cc1ccccc1C)[C@H](C)C(=O)NCC(C)C)S(C)(=O)=O. The summed E-state index contributed by atoms with van der Waals surface area (Å²) in [6, 6.07) is 11.9. The third-order valence-corrected chi connectivity index (χ3v) is 6.86. The molecule has 0 spiro atoms. The molecule has 8 nitrogen and oxygen atoms in total. The minimum atomic E-state index is -3.84. The highest BCUT2D eigenvalue weighted by Gasteiger charge is 2.31. The molecule has 1 N–H and O–H groups in total. The van der Waals surface area contributed by atoms with Gasteiger partial charge in [0.05, 0.1) is 19.1 Å². The maximum absolute atomic E-state index is 13.7. The number of methoxy groups -OCH3 is 1. The summed E-state index contributed by atoms with van der Waals surface area (Å²) in [5.41, 5.74) is 2.94. The van der Waals surface area contributed by atoms with Crippen molar-refractivity contribution < 1.29 is 22.7 Å². The molecule has 0 aliphatic heterocycles. The maximum atomic E-state index is 13.7. The van der Waals surface area contributed by atoms with E-state index in [1.54, 1.807) is 25.1 Å². The van der Waals surface area contributed by atoms with Crippen LogP contribution in [0.4, 0.5) is 5.69 Å². The molecule has 35 heavy (non-hydrogen) atoms. The van der Waals surface area contributed by atoms with Crippen LogP contribution in [-0.4, -0.2) is 57.6 Å². The Bertz CT molecular complexity index is 1150. The Hall–Kier alpha value is -3.07. The number of rotatable bonds is 11. The Morgan fingerprint density at radius 1 is 1.06 bits per heavy atom. The molecule has 1 atom stereocenters. The van der Waals surface area contributed by atoms with Gasteiger partial charge in [0.1, 0.15) is 18.3 Å². The minimum absolute atomic E-state index is 0.171. The summed E-state index contributed by atoms with van der Waals surface area (Å²) in [6.07, 6.45) is 1.05. The van der Waals surface area contributed by atoms with E-state index in [1.165, 1.54) is 12.0 Å². The predicted molar refractivity (Wildman–Crippen MR) is 139 cm³/mol. The first-order valence-corrected chi connectivity index (χ1v) is 13.4. The number of carbonyl (C=O) groups excluding carboxylic acids is 2. The fraction of sp³-hybridized carbons (Fsp3) is 0.462. The molecule has 0 aromatic heterocycles. The minimum Gasteiger partial charge on any atom is -0.495 e. The van der Waals surface area contributed by atoms with E-state index in [2.05, 4.69) is 5.32 Å². The monoisotopic (exact) mass is 503 g/mol. The highest BCUT2D eigenvalue weighted by Crippen LogP contribution is 2.31. The van der Waals surface area contributed by atoms with Crippen molar-refractivity contribution in [3.8, 4) is 5.75 Å². The van der Waals surface area contributed by atoms with Crippen LogP contribution in [0.25, 0.3) is 0 Å².